The molecule has 0 radical (unpaired) electrons. The van der Waals surface area contributed by atoms with Crippen molar-refractivity contribution in [3.8, 4) is 0 Å². The lowest BCUT2D eigenvalue weighted by Crippen LogP contribution is -2.40. The summed E-state index contributed by atoms with van der Waals surface area (Å²) in [4.78, 5) is 14.4. The number of hydrogen-bond donors (Lipinski definition) is 1. The van der Waals surface area contributed by atoms with Gasteiger partial charge in [-0.25, -0.2) is 8.42 Å². The SMILES string of the molecule is Cl.O=C(c1ccc(S(=O)(=O)N2CCCNCC2)cc1)N1CCOCC1. The van der Waals surface area contributed by atoms with Gasteiger partial charge < -0.3 is 15.0 Å². The molecule has 2 heterocycles. The summed E-state index contributed by atoms with van der Waals surface area (Å²) in [6.07, 6.45) is 0.798. The van der Waals surface area contributed by atoms with Crippen molar-refractivity contribution in [1.82, 2.24) is 14.5 Å². The lowest BCUT2D eigenvalue weighted by atomic mass is 10.2. The summed E-state index contributed by atoms with van der Waals surface area (Å²) < 4.78 is 32.2. The maximum Gasteiger partial charge on any atom is 0.254 e. The number of benzene rings is 1. The van der Waals surface area contributed by atoms with Gasteiger partial charge in [0, 0.05) is 38.3 Å². The van der Waals surface area contributed by atoms with Crippen molar-refractivity contribution in [2.75, 3.05) is 52.5 Å². The summed E-state index contributed by atoms with van der Waals surface area (Å²) in [5.74, 6) is -0.0822. The lowest BCUT2D eigenvalue weighted by molar-refractivity contribution is 0.0303. The van der Waals surface area contributed by atoms with Crippen LogP contribution < -0.4 is 5.32 Å². The van der Waals surface area contributed by atoms with Crippen LogP contribution in [0.2, 0.25) is 0 Å². The molecular formula is C16H24ClN3O4S. The number of nitrogens with one attached hydrogen (secondary N) is 1. The highest BCUT2D eigenvalue weighted by atomic mass is 35.5. The van der Waals surface area contributed by atoms with Crippen LogP contribution in [0.25, 0.3) is 0 Å². The predicted molar refractivity (Wildman–Crippen MR) is 96.7 cm³/mol. The standard InChI is InChI=1S/C16H23N3O4S.ClH/c20-16(18-10-12-23-13-11-18)14-2-4-15(5-3-14)24(21,22)19-8-1-6-17-7-9-19;/h2-5,17H,1,6-13H2;1H. The molecule has 25 heavy (non-hydrogen) atoms. The minimum absolute atomic E-state index is 0. The Labute approximate surface area is 154 Å². The van der Waals surface area contributed by atoms with E-state index in [9.17, 15) is 13.2 Å². The number of carbonyl (C=O) groups is 1. The quantitative estimate of drug-likeness (QED) is 0.817. The van der Waals surface area contributed by atoms with Gasteiger partial charge in [0.1, 0.15) is 0 Å². The number of halogens is 1. The first-order chi connectivity index (χ1) is 11.6. The zero-order chi connectivity index (χ0) is 17.0. The summed E-state index contributed by atoms with van der Waals surface area (Å²) in [5, 5.41) is 3.19. The number of amides is 1. The third-order valence-corrected chi connectivity index (χ3v) is 6.25. The van der Waals surface area contributed by atoms with Crippen LogP contribution in [0.5, 0.6) is 0 Å². The van der Waals surface area contributed by atoms with Crippen LogP contribution in [0.1, 0.15) is 16.8 Å². The Kier molecular flexibility index (Phi) is 7.21. The molecule has 0 atom stereocenters. The van der Waals surface area contributed by atoms with Crippen molar-refractivity contribution in [3.05, 3.63) is 29.8 Å². The van der Waals surface area contributed by atoms with Crippen molar-refractivity contribution >= 4 is 28.3 Å². The second-order valence-electron chi connectivity index (χ2n) is 5.94. The van der Waals surface area contributed by atoms with E-state index >= 15 is 0 Å². The van der Waals surface area contributed by atoms with E-state index in [1.165, 1.54) is 16.4 Å². The molecular weight excluding hydrogens is 366 g/mol. The summed E-state index contributed by atoms with van der Waals surface area (Å²) in [6, 6.07) is 6.25. The van der Waals surface area contributed by atoms with Gasteiger partial charge in [0.2, 0.25) is 10.0 Å². The van der Waals surface area contributed by atoms with Crippen LogP contribution in [0, 0.1) is 0 Å². The molecule has 9 heteroatoms. The fraction of sp³-hybridized carbons (Fsp3) is 0.562. The maximum absolute atomic E-state index is 12.7. The summed E-state index contributed by atoms with van der Waals surface area (Å²) in [6.45, 7) is 4.70. The first-order valence-corrected chi connectivity index (χ1v) is 9.71. The van der Waals surface area contributed by atoms with Crippen LogP contribution in [-0.2, 0) is 14.8 Å². The van der Waals surface area contributed by atoms with Crippen molar-refractivity contribution in [1.29, 1.82) is 0 Å². The average Bonchev–Trinajstić information content (AvgIpc) is 2.92. The number of rotatable bonds is 3. The van der Waals surface area contributed by atoms with Gasteiger partial charge in [-0.1, -0.05) is 0 Å². The van der Waals surface area contributed by atoms with Gasteiger partial charge in [0.15, 0.2) is 0 Å². The number of hydrogen-bond acceptors (Lipinski definition) is 5. The first kappa shape index (κ1) is 20.1. The van der Waals surface area contributed by atoms with E-state index in [2.05, 4.69) is 5.32 Å². The normalized spacial score (nSPS) is 19.8. The molecule has 1 aromatic rings. The largest absolute Gasteiger partial charge is 0.378 e. The number of nitrogens with zero attached hydrogens (tertiary/aromatic N) is 2. The highest BCUT2D eigenvalue weighted by molar-refractivity contribution is 7.89. The third-order valence-electron chi connectivity index (χ3n) is 4.34. The number of carbonyl (C=O) groups excluding carboxylic acids is 1. The first-order valence-electron chi connectivity index (χ1n) is 8.27. The highest BCUT2D eigenvalue weighted by Crippen LogP contribution is 2.18. The molecule has 0 aliphatic carbocycles. The van der Waals surface area contributed by atoms with E-state index in [4.69, 9.17) is 4.74 Å². The molecule has 7 nitrogen and oxygen atoms in total. The summed E-state index contributed by atoms with van der Waals surface area (Å²) >= 11 is 0. The second kappa shape index (κ2) is 8.95. The topological polar surface area (TPSA) is 79.0 Å². The van der Waals surface area contributed by atoms with E-state index in [1.54, 1.807) is 17.0 Å². The number of sulfonamides is 1. The number of morpholine rings is 1. The van der Waals surface area contributed by atoms with Crippen molar-refractivity contribution < 1.29 is 17.9 Å². The molecule has 0 aromatic heterocycles. The Morgan fingerprint density at radius 3 is 2.36 bits per heavy atom. The molecule has 2 aliphatic rings. The zero-order valence-electron chi connectivity index (χ0n) is 14.0. The zero-order valence-corrected chi connectivity index (χ0v) is 15.7. The van der Waals surface area contributed by atoms with Gasteiger partial charge in [-0.15, -0.1) is 12.4 Å². The highest BCUT2D eigenvalue weighted by Gasteiger charge is 2.25. The molecule has 0 spiro atoms. The van der Waals surface area contributed by atoms with Crippen LogP contribution in [0.4, 0.5) is 0 Å². The Balaban J connectivity index is 0.00000225. The average molecular weight is 390 g/mol. The minimum atomic E-state index is -3.50. The lowest BCUT2D eigenvalue weighted by Gasteiger charge is -2.27. The second-order valence-corrected chi connectivity index (χ2v) is 7.87. The van der Waals surface area contributed by atoms with Gasteiger partial charge >= 0.3 is 0 Å². The molecule has 2 aliphatic heterocycles. The van der Waals surface area contributed by atoms with Crippen LogP contribution in [-0.4, -0.2) is 76.0 Å². The van der Waals surface area contributed by atoms with Gasteiger partial charge in [-0.2, -0.15) is 4.31 Å². The molecule has 2 fully saturated rings. The fourth-order valence-corrected chi connectivity index (χ4v) is 4.41. The Bertz CT molecular complexity index is 667. The van der Waals surface area contributed by atoms with Gasteiger partial charge in [0.25, 0.3) is 5.91 Å². The summed E-state index contributed by atoms with van der Waals surface area (Å²) in [5.41, 5.74) is 0.508. The Morgan fingerprint density at radius 1 is 1.00 bits per heavy atom. The maximum atomic E-state index is 12.7. The van der Waals surface area contributed by atoms with E-state index < -0.39 is 10.0 Å². The smallest absolute Gasteiger partial charge is 0.254 e. The molecule has 1 N–H and O–H groups in total. The van der Waals surface area contributed by atoms with E-state index in [1.807, 2.05) is 0 Å². The molecule has 3 rings (SSSR count). The molecule has 140 valence electrons. The molecule has 1 amide bonds. The van der Waals surface area contributed by atoms with E-state index in [0.29, 0.717) is 51.5 Å². The number of ether oxygens (including phenoxy) is 1. The van der Waals surface area contributed by atoms with Crippen LogP contribution >= 0.6 is 12.4 Å². The fourth-order valence-electron chi connectivity index (χ4n) is 2.93. The molecule has 0 saturated carbocycles. The van der Waals surface area contributed by atoms with E-state index in [-0.39, 0.29) is 23.2 Å². The van der Waals surface area contributed by atoms with Gasteiger partial charge in [-0.05, 0) is 37.2 Å². The molecule has 0 bridgehead atoms. The predicted octanol–water partition coefficient (Wildman–Crippen LogP) is 0.565. The van der Waals surface area contributed by atoms with Crippen molar-refractivity contribution in [2.24, 2.45) is 0 Å². The van der Waals surface area contributed by atoms with Crippen molar-refractivity contribution in [3.63, 3.8) is 0 Å². The van der Waals surface area contributed by atoms with Crippen LogP contribution in [0.15, 0.2) is 29.2 Å². The molecule has 0 unspecified atom stereocenters. The van der Waals surface area contributed by atoms with Gasteiger partial charge in [-0.3, -0.25) is 4.79 Å². The minimum Gasteiger partial charge on any atom is -0.378 e. The monoisotopic (exact) mass is 389 g/mol. The summed E-state index contributed by atoms with van der Waals surface area (Å²) in [7, 11) is -3.50. The Hall–Kier alpha value is -1.19. The van der Waals surface area contributed by atoms with Crippen LogP contribution in [0.3, 0.4) is 0 Å². The van der Waals surface area contributed by atoms with Gasteiger partial charge in [0.05, 0.1) is 18.1 Å². The van der Waals surface area contributed by atoms with Crippen molar-refractivity contribution in [2.45, 2.75) is 11.3 Å². The third kappa shape index (κ3) is 4.71. The van der Waals surface area contributed by atoms with E-state index in [0.717, 1.165) is 13.0 Å². The Morgan fingerprint density at radius 2 is 1.68 bits per heavy atom. The molecule has 1 aromatic carbocycles. The molecule has 2 saturated heterocycles.